The van der Waals surface area contributed by atoms with Crippen molar-refractivity contribution in [2.24, 2.45) is 0 Å². The molecule has 0 spiro atoms. The van der Waals surface area contributed by atoms with Gasteiger partial charge in [-0.15, -0.1) is 11.3 Å². The van der Waals surface area contributed by atoms with Crippen LogP contribution in [-0.2, 0) is 0 Å². The lowest BCUT2D eigenvalue weighted by atomic mass is 10.2. The van der Waals surface area contributed by atoms with Gasteiger partial charge in [0.15, 0.2) is 0 Å². The third-order valence-electron chi connectivity index (χ3n) is 2.91. The minimum atomic E-state index is 0.110. The summed E-state index contributed by atoms with van der Waals surface area (Å²) in [4.78, 5) is 4.62. The molecule has 1 heterocycles. The number of thiazole rings is 1. The quantitative estimate of drug-likeness (QED) is 0.750. The fraction of sp³-hybridized carbons (Fsp3) is 0.133. The van der Waals surface area contributed by atoms with Crippen LogP contribution >= 0.6 is 11.3 Å². The lowest BCUT2D eigenvalue weighted by molar-refractivity contribution is 0.475. The summed E-state index contributed by atoms with van der Waals surface area (Å²) in [5, 5.41) is 13.9. The Hall–Kier alpha value is -2.07. The van der Waals surface area contributed by atoms with E-state index in [-0.39, 0.29) is 11.8 Å². The second kappa shape index (κ2) is 4.90. The Morgan fingerprint density at radius 3 is 2.79 bits per heavy atom. The Kier molecular flexibility index (Phi) is 3.09. The third kappa shape index (κ3) is 2.53. The van der Waals surface area contributed by atoms with Gasteiger partial charge < -0.3 is 10.4 Å². The zero-order valence-corrected chi connectivity index (χ0v) is 11.3. The summed E-state index contributed by atoms with van der Waals surface area (Å²) in [6.07, 6.45) is 0. The van der Waals surface area contributed by atoms with Crippen LogP contribution in [-0.4, -0.2) is 10.1 Å². The van der Waals surface area contributed by atoms with E-state index in [0.29, 0.717) is 0 Å². The molecule has 4 heteroatoms. The SMILES string of the molecule is CC(Nc1cccc(O)c1)c1nc2ccccc2s1. The van der Waals surface area contributed by atoms with Gasteiger partial charge >= 0.3 is 0 Å². The van der Waals surface area contributed by atoms with Crippen LogP contribution in [0.15, 0.2) is 48.5 Å². The number of phenolic OH excluding ortho intramolecular Hbond substituents is 1. The van der Waals surface area contributed by atoms with Crippen molar-refractivity contribution in [1.82, 2.24) is 4.98 Å². The van der Waals surface area contributed by atoms with Gasteiger partial charge in [0, 0.05) is 11.8 Å². The average Bonchev–Trinajstić information content (AvgIpc) is 2.82. The first kappa shape index (κ1) is 12.0. The molecule has 96 valence electrons. The predicted octanol–water partition coefficient (Wildman–Crippen LogP) is 4.18. The highest BCUT2D eigenvalue weighted by Gasteiger charge is 2.11. The zero-order chi connectivity index (χ0) is 13.2. The number of hydrogen-bond acceptors (Lipinski definition) is 4. The normalized spacial score (nSPS) is 12.5. The summed E-state index contributed by atoms with van der Waals surface area (Å²) in [5.74, 6) is 0.265. The number of nitrogens with one attached hydrogen (secondary N) is 1. The van der Waals surface area contributed by atoms with E-state index in [1.54, 1.807) is 23.5 Å². The molecule has 1 aromatic heterocycles. The van der Waals surface area contributed by atoms with E-state index in [1.165, 1.54) is 4.70 Å². The van der Waals surface area contributed by atoms with Crippen molar-refractivity contribution in [3.05, 3.63) is 53.5 Å². The Labute approximate surface area is 115 Å². The fourth-order valence-electron chi connectivity index (χ4n) is 1.98. The molecule has 0 saturated carbocycles. The number of benzene rings is 2. The van der Waals surface area contributed by atoms with Gasteiger partial charge in [-0.1, -0.05) is 18.2 Å². The Balaban J connectivity index is 1.85. The number of aromatic nitrogens is 1. The zero-order valence-electron chi connectivity index (χ0n) is 10.5. The molecule has 0 aliphatic carbocycles. The van der Waals surface area contributed by atoms with E-state index in [2.05, 4.69) is 23.3 Å². The van der Waals surface area contributed by atoms with E-state index in [4.69, 9.17) is 0 Å². The monoisotopic (exact) mass is 270 g/mol. The van der Waals surface area contributed by atoms with E-state index in [0.717, 1.165) is 16.2 Å². The highest BCUT2D eigenvalue weighted by atomic mass is 32.1. The number of phenols is 1. The lowest BCUT2D eigenvalue weighted by Crippen LogP contribution is -2.05. The molecule has 2 aromatic carbocycles. The number of para-hydroxylation sites is 1. The molecular formula is C15H14N2OS. The first-order valence-corrected chi connectivity index (χ1v) is 6.95. The van der Waals surface area contributed by atoms with Crippen molar-refractivity contribution in [2.45, 2.75) is 13.0 Å². The number of aromatic hydroxyl groups is 1. The van der Waals surface area contributed by atoms with Gasteiger partial charge in [-0.05, 0) is 31.2 Å². The number of nitrogens with zero attached hydrogens (tertiary/aromatic N) is 1. The molecule has 1 unspecified atom stereocenters. The number of fused-ring (bicyclic) bond motifs is 1. The molecule has 0 aliphatic rings. The Morgan fingerprint density at radius 2 is 2.00 bits per heavy atom. The standard InChI is InChI=1S/C15H14N2OS/c1-10(16-11-5-4-6-12(18)9-11)15-17-13-7-2-3-8-14(13)19-15/h2-10,16,18H,1H3. The lowest BCUT2D eigenvalue weighted by Gasteiger charge is -2.12. The Morgan fingerprint density at radius 1 is 1.16 bits per heavy atom. The largest absolute Gasteiger partial charge is 0.508 e. The van der Waals surface area contributed by atoms with Crippen LogP contribution in [0.5, 0.6) is 5.75 Å². The fourth-order valence-corrected chi connectivity index (χ4v) is 2.95. The minimum absolute atomic E-state index is 0.110. The second-order valence-electron chi connectivity index (χ2n) is 4.44. The van der Waals surface area contributed by atoms with Crippen LogP contribution in [0.3, 0.4) is 0 Å². The van der Waals surface area contributed by atoms with Crippen LogP contribution in [0.4, 0.5) is 5.69 Å². The first-order valence-electron chi connectivity index (χ1n) is 6.13. The third-order valence-corrected chi connectivity index (χ3v) is 4.13. The van der Waals surface area contributed by atoms with Crippen molar-refractivity contribution >= 4 is 27.2 Å². The first-order chi connectivity index (χ1) is 9.22. The van der Waals surface area contributed by atoms with Crippen LogP contribution in [0.1, 0.15) is 18.0 Å². The minimum Gasteiger partial charge on any atom is -0.508 e. The maximum atomic E-state index is 9.46. The molecule has 3 nitrogen and oxygen atoms in total. The molecule has 0 saturated heterocycles. The van der Waals surface area contributed by atoms with Gasteiger partial charge in [-0.3, -0.25) is 0 Å². The smallest absolute Gasteiger partial charge is 0.117 e. The van der Waals surface area contributed by atoms with Crippen molar-refractivity contribution in [1.29, 1.82) is 0 Å². The molecule has 19 heavy (non-hydrogen) atoms. The number of rotatable bonds is 3. The molecule has 0 fully saturated rings. The summed E-state index contributed by atoms with van der Waals surface area (Å²) in [6, 6.07) is 15.4. The van der Waals surface area contributed by atoms with Crippen LogP contribution < -0.4 is 5.32 Å². The van der Waals surface area contributed by atoms with Gasteiger partial charge in [-0.25, -0.2) is 4.98 Å². The van der Waals surface area contributed by atoms with Crippen molar-refractivity contribution in [3.8, 4) is 5.75 Å². The summed E-state index contributed by atoms with van der Waals surface area (Å²) in [5.41, 5.74) is 1.93. The van der Waals surface area contributed by atoms with Gasteiger partial charge in [0.25, 0.3) is 0 Å². The Bertz CT molecular complexity index is 675. The summed E-state index contributed by atoms with van der Waals surface area (Å²) in [6.45, 7) is 2.07. The molecule has 2 N–H and O–H groups in total. The summed E-state index contributed by atoms with van der Waals surface area (Å²) < 4.78 is 1.20. The predicted molar refractivity (Wildman–Crippen MR) is 79.8 cm³/mol. The van der Waals surface area contributed by atoms with Crippen LogP contribution in [0.2, 0.25) is 0 Å². The van der Waals surface area contributed by atoms with E-state index < -0.39 is 0 Å². The number of hydrogen-bond donors (Lipinski definition) is 2. The van der Waals surface area contributed by atoms with E-state index >= 15 is 0 Å². The summed E-state index contributed by atoms with van der Waals surface area (Å²) >= 11 is 1.69. The van der Waals surface area contributed by atoms with Gasteiger partial charge in [0.2, 0.25) is 0 Å². The van der Waals surface area contributed by atoms with Gasteiger partial charge in [0.1, 0.15) is 10.8 Å². The van der Waals surface area contributed by atoms with Crippen molar-refractivity contribution in [2.75, 3.05) is 5.32 Å². The second-order valence-corrected chi connectivity index (χ2v) is 5.50. The maximum absolute atomic E-state index is 9.46. The highest BCUT2D eigenvalue weighted by Crippen LogP contribution is 2.28. The van der Waals surface area contributed by atoms with Crippen LogP contribution in [0.25, 0.3) is 10.2 Å². The summed E-state index contributed by atoms with van der Waals surface area (Å²) in [7, 11) is 0. The van der Waals surface area contributed by atoms with Crippen molar-refractivity contribution in [3.63, 3.8) is 0 Å². The molecular weight excluding hydrogens is 256 g/mol. The highest BCUT2D eigenvalue weighted by molar-refractivity contribution is 7.18. The van der Waals surface area contributed by atoms with Crippen molar-refractivity contribution < 1.29 is 5.11 Å². The van der Waals surface area contributed by atoms with Crippen LogP contribution in [0, 0.1) is 0 Å². The molecule has 0 radical (unpaired) electrons. The van der Waals surface area contributed by atoms with E-state index in [1.807, 2.05) is 30.3 Å². The topological polar surface area (TPSA) is 45.1 Å². The van der Waals surface area contributed by atoms with Gasteiger partial charge in [0.05, 0.1) is 16.3 Å². The molecule has 0 amide bonds. The van der Waals surface area contributed by atoms with E-state index in [9.17, 15) is 5.11 Å². The molecule has 1 atom stereocenters. The van der Waals surface area contributed by atoms with Gasteiger partial charge in [-0.2, -0.15) is 0 Å². The molecule has 0 bridgehead atoms. The molecule has 3 aromatic rings. The number of anilines is 1. The average molecular weight is 270 g/mol. The maximum Gasteiger partial charge on any atom is 0.117 e. The molecule has 0 aliphatic heterocycles. The molecule has 3 rings (SSSR count).